The molecular weight excluding hydrogens is 192 g/mol. The minimum absolute atomic E-state index is 0.220. The van der Waals surface area contributed by atoms with Gasteiger partial charge in [0, 0.05) is 17.7 Å². The lowest BCUT2D eigenvalue weighted by Crippen LogP contribution is -2.23. The van der Waals surface area contributed by atoms with Crippen LogP contribution in [0.5, 0.6) is 0 Å². The van der Waals surface area contributed by atoms with E-state index in [0.717, 1.165) is 11.1 Å². The molecule has 0 amide bonds. The molecule has 0 aliphatic carbocycles. The topological polar surface area (TPSA) is 55.2 Å². The van der Waals surface area contributed by atoms with Crippen molar-refractivity contribution in [2.45, 2.75) is 26.3 Å². The van der Waals surface area contributed by atoms with Crippen molar-refractivity contribution in [3.05, 3.63) is 39.4 Å². The molecule has 82 valence electrons. The molecule has 0 aliphatic rings. The predicted octanol–water partition coefficient (Wildman–Crippen LogP) is 2.05. The average molecular weight is 208 g/mol. The number of nitrogens with zero attached hydrogens (tertiary/aromatic N) is 1. The number of rotatable bonds is 4. The Kier molecular flexibility index (Phi) is 3.80. The minimum Gasteiger partial charge on any atom is -0.317 e. The van der Waals surface area contributed by atoms with E-state index in [9.17, 15) is 10.1 Å². The average Bonchev–Trinajstić information content (AvgIpc) is 2.20. The van der Waals surface area contributed by atoms with Gasteiger partial charge in [-0.1, -0.05) is 12.1 Å². The molecule has 1 rings (SSSR count). The van der Waals surface area contributed by atoms with E-state index < -0.39 is 0 Å². The molecule has 0 heterocycles. The maximum Gasteiger partial charge on any atom is 0.272 e. The smallest absolute Gasteiger partial charge is 0.272 e. The minimum atomic E-state index is -0.315. The Morgan fingerprint density at radius 2 is 2.20 bits per heavy atom. The molecule has 0 fully saturated rings. The predicted molar refractivity (Wildman–Crippen MR) is 60.1 cm³/mol. The van der Waals surface area contributed by atoms with Crippen molar-refractivity contribution in [3.8, 4) is 0 Å². The first-order valence-corrected chi connectivity index (χ1v) is 4.95. The number of hydrogen-bond donors (Lipinski definition) is 1. The number of likely N-dealkylation sites (N-methyl/N-ethyl adjacent to an activating group) is 1. The zero-order valence-corrected chi connectivity index (χ0v) is 9.28. The first kappa shape index (κ1) is 11.7. The van der Waals surface area contributed by atoms with Crippen LogP contribution in [0.1, 0.15) is 18.1 Å². The van der Waals surface area contributed by atoms with E-state index in [1.165, 1.54) is 0 Å². The molecule has 1 aromatic rings. The standard InChI is InChI=1S/C11H16N2O2/c1-8-4-5-10(7-9(2)12-3)11(6-8)13(14)15/h4-6,9,12H,7H2,1-3H3. The van der Waals surface area contributed by atoms with E-state index in [-0.39, 0.29) is 16.7 Å². The number of benzene rings is 1. The van der Waals surface area contributed by atoms with Crippen LogP contribution in [-0.2, 0) is 6.42 Å². The third-order valence-electron chi connectivity index (χ3n) is 2.46. The van der Waals surface area contributed by atoms with Crippen LogP contribution >= 0.6 is 0 Å². The lowest BCUT2D eigenvalue weighted by molar-refractivity contribution is -0.385. The van der Waals surface area contributed by atoms with Crippen LogP contribution in [0.4, 0.5) is 5.69 Å². The van der Waals surface area contributed by atoms with Crippen LogP contribution in [-0.4, -0.2) is 18.0 Å². The summed E-state index contributed by atoms with van der Waals surface area (Å²) in [5, 5.41) is 13.9. The van der Waals surface area contributed by atoms with Gasteiger partial charge in [-0.05, 0) is 32.9 Å². The van der Waals surface area contributed by atoms with Crippen LogP contribution in [0.2, 0.25) is 0 Å². The highest BCUT2D eigenvalue weighted by molar-refractivity contribution is 5.43. The second-order valence-electron chi connectivity index (χ2n) is 3.78. The summed E-state index contributed by atoms with van der Waals surface area (Å²) in [5.74, 6) is 0. The second kappa shape index (κ2) is 4.89. The van der Waals surface area contributed by atoms with Gasteiger partial charge in [-0.15, -0.1) is 0 Å². The third-order valence-corrected chi connectivity index (χ3v) is 2.46. The van der Waals surface area contributed by atoms with Gasteiger partial charge in [0.25, 0.3) is 5.69 Å². The van der Waals surface area contributed by atoms with Gasteiger partial charge in [-0.2, -0.15) is 0 Å². The summed E-state index contributed by atoms with van der Waals surface area (Å²) < 4.78 is 0. The highest BCUT2D eigenvalue weighted by atomic mass is 16.6. The normalized spacial score (nSPS) is 12.5. The molecular formula is C11H16N2O2. The van der Waals surface area contributed by atoms with Crippen molar-refractivity contribution >= 4 is 5.69 Å². The molecule has 0 aromatic heterocycles. The molecule has 1 atom stereocenters. The zero-order valence-electron chi connectivity index (χ0n) is 9.28. The first-order valence-electron chi connectivity index (χ1n) is 4.95. The van der Waals surface area contributed by atoms with Gasteiger partial charge < -0.3 is 5.32 Å². The van der Waals surface area contributed by atoms with Crippen LogP contribution in [0.15, 0.2) is 18.2 Å². The van der Waals surface area contributed by atoms with E-state index in [4.69, 9.17) is 0 Å². The van der Waals surface area contributed by atoms with Crippen LogP contribution < -0.4 is 5.32 Å². The number of nitro benzene ring substituents is 1. The van der Waals surface area contributed by atoms with Crippen molar-refractivity contribution in [2.75, 3.05) is 7.05 Å². The van der Waals surface area contributed by atoms with E-state index >= 15 is 0 Å². The van der Waals surface area contributed by atoms with Crippen molar-refractivity contribution in [1.82, 2.24) is 5.32 Å². The van der Waals surface area contributed by atoms with E-state index in [1.54, 1.807) is 6.07 Å². The lowest BCUT2D eigenvalue weighted by atomic mass is 10.0. The van der Waals surface area contributed by atoms with Crippen LogP contribution in [0.25, 0.3) is 0 Å². The lowest BCUT2D eigenvalue weighted by Gasteiger charge is -2.10. The Morgan fingerprint density at radius 1 is 1.53 bits per heavy atom. The van der Waals surface area contributed by atoms with Gasteiger partial charge in [0.1, 0.15) is 0 Å². The zero-order chi connectivity index (χ0) is 11.4. The number of hydrogen-bond acceptors (Lipinski definition) is 3. The Hall–Kier alpha value is -1.42. The summed E-state index contributed by atoms with van der Waals surface area (Å²) in [4.78, 5) is 10.5. The highest BCUT2D eigenvalue weighted by Crippen LogP contribution is 2.21. The first-order chi connectivity index (χ1) is 7.04. The summed E-state index contributed by atoms with van der Waals surface area (Å²) in [6.07, 6.45) is 0.674. The molecule has 0 saturated heterocycles. The Morgan fingerprint density at radius 3 is 2.73 bits per heavy atom. The van der Waals surface area contributed by atoms with Gasteiger partial charge >= 0.3 is 0 Å². The fourth-order valence-corrected chi connectivity index (χ4v) is 1.45. The summed E-state index contributed by atoms with van der Waals surface area (Å²) >= 11 is 0. The summed E-state index contributed by atoms with van der Waals surface area (Å²) in [5.41, 5.74) is 1.92. The molecule has 0 saturated carbocycles. The second-order valence-corrected chi connectivity index (χ2v) is 3.78. The van der Waals surface area contributed by atoms with E-state index in [2.05, 4.69) is 5.32 Å². The molecule has 4 heteroatoms. The van der Waals surface area contributed by atoms with Gasteiger partial charge in [0.05, 0.1) is 4.92 Å². The van der Waals surface area contributed by atoms with Gasteiger partial charge in [0.2, 0.25) is 0 Å². The van der Waals surface area contributed by atoms with Gasteiger partial charge in [-0.3, -0.25) is 10.1 Å². The Balaban J connectivity index is 3.01. The fourth-order valence-electron chi connectivity index (χ4n) is 1.45. The number of nitro groups is 1. The number of aryl methyl sites for hydroxylation is 1. The maximum atomic E-state index is 10.8. The Bertz CT molecular complexity index is 364. The molecule has 0 radical (unpaired) electrons. The van der Waals surface area contributed by atoms with Crippen molar-refractivity contribution in [3.63, 3.8) is 0 Å². The quantitative estimate of drug-likeness (QED) is 0.608. The maximum absolute atomic E-state index is 10.8. The summed E-state index contributed by atoms with van der Waals surface area (Å²) in [7, 11) is 1.85. The van der Waals surface area contributed by atoms with Crippen molar-refractivity contribution < 1.29 is 4.92 Å². The van der Waals surface area contributed by atoms with E-state index in [0.29, 0.717) is 6.42 Å². The van der Waals surface area contributed by atoms with Crippen LogP contribution in [0.3, 0.4) is 0 Å². The highest BCUT2D eigenvalue weighted by Gasteiger charge is 2.14. The Labute approximate surface area is 89.5 Å². The molecule has 0 aliphatic heterocycles. The summed E-state index contributed by atoms with van der Waals surface area (Å²) in [6, 6.07) is 5.61. The third kappa shape index (κ3) is 3.02. The van der Waals surface area contributed by atoms with Crippen molar-refractivity contribution in [1.29, 1.82) is 0 Å². The fraction of sp³-hybridized carbons (Fsp3) is 0.455. The molecule has 15 heavy (non-hydrogen) atoms. The molecule has 1 unspecified atom stereocenters. The summed E-state index contributed by atoms with van der Waals surface area (Å²) in [6.45, 7) is 3.86. The van der Waals surface area contributed by atoms with Gasteiger partial charge in [-0.25, -0.2) is 0 Å². The molecule has 1 N–H and O–H groups in total. The molecule has 0 spiro atoms. The largest absolute Gasteiger partial charge is 0.317 e. The molecule has 4 nitrogen and oxygen atoms in total. The molecule has 1 aromatic carbocycles. The van der Waals surface area contributed by atoms with Gasteiger partial charge in [0.15, 0.2) is 0 Å². The van der Waals surface area contributed by atoms with E-state index in [1.807, 2.05) is 33.0 Å². The SMILES string of the molecule is CNC(C)Cc1ccc(C)cc1[N+](=O)[O-]. The molecule has 0 bridgehead atoms. The van der Waals surface area contributed by atoms with Crippen LogP contribution in [0, 0.1) is 17.0 Å². The monoisotopic (exact) mass is 208 g/mol. The number of nitrogens with one attached hydrogen (secondary N) is 1. The van der Waals surface area contributed by atoms with Crippen molar-refractivity contribution in [2.24, 2.45) is 0 Å².